The third kappa shape index (κ3) is 3.93. The number of methoxy groups -OCH3 is 1. The van der Waals surface area contributed by atoms with Gasteiger partial charge >= 0.3 is 0 Å². The number of hydrogen-bond acceptors (Lipinski definition) is 3. The lowest BCUT2D eigenvalue weighted by Gasteiger charge is -2.09. The van der Waals surface area contributed by atoms with E-state index in [2.05, 4.69) is 10.9 Å². The van der Waals surface area contributed by atoms with Gasteiger partial charge in [0.1, 0.15) is 0 Å². The van der Waals surface area contributed by atoms with Crippen molar-refractivity contribution in [1.29, 1.82) is 0 Å². The first-order valence-corrected chi connectivity index (χ1v) is 6.86. The molecule has 0 aliphatic rings. The second-order valence-electron chi connectivity index (χ2n) is 4.86. The van der Waals surface area contributed by atoms with Crippen LogP contribution in [-0.4, -0.2) is 18.9 Å². The highest BCUT2D eigenvalue weighted by atomic mass is 16.5. The minimum atomic E-state index is -0.375. The van der Waals surface area contributed by atoms with Gasteiger partial charge in [-0.05, 0) is 36.2 Å². The fraction of sp³-hybridized carbons (Fsp3) is 0.176. The largest absolute Gasteiger partial charge is 0.380 e. The van der Waals surface area contributed by atoms with E-state index in [-0.39, 0.29) is 11.8 Å². The number of carbonyl (C=O) groups is 2. The molecule has 0 heterocycles. The van der Waals surface area contributed by atoms with Crippen LogP contribution in [0, 0.1) is 6.92 Å². The highest BCUT2D eigenvalue weighted by Crippen LogP contribution is 2.07. The van der Waals surface area contributed by atoms with Gasteiger partial charge in [-0.25, -0.2) is 0 Å². The second-order valence-corrected chi connectivity index (χ2v) is 4.86. The molecule has 0 aromatic heterocycles. The van der Waals surface area contributed by atoms with Crippen LogP contribution in [0.5, 0.6) is 0 Å². The molecule has 0 saturated carbocycles. The number of hydrazine groups is 1. The van der Waals surface area contributed by atoms with Gasteiger partial charge in [0.25, 0.3) is 11.8 Å². The quantitative estimate of drug-likeness (QED) is 0.850. The summed E-state index contributed by atoms with van der Waals surface area (Å²) in [6.07, 6.45) is 0. The molecule has 0 fully saturated rings. The maximum Gasteiger partial charge on any atom is 0.269 e. The van der Waals surface area contributed by atoms with Crippen LogP contribution in [-0.2, 0) is 11.3 Å². The number of benzene rings is 2. The van der Waals surface area contributed by atoms with Crippen molar-refractivity contribution in [2.75, 3.05) is 7.11 Å². The molecule has 2 N–H and O–H groups in total. The van der Waals surface area contributed by atoms with Crippen LogP contribution in [0.4, 0.5) is 0 Å². The van der Waals surface area contributed by atoms with E-state index < -0.39 is 0 Å². The summed E-state index contributed by atoms with van der Waals surface area (Å²) in [4.78, 5) is 24.1. The van der Waals surface area contributed by atoms with E-state index >= 15 is 0 Å². The zero-order valence-corrected chi connectivity index (χ0v) is 12.6. The van der Waals surface area contributed by atoms with E-state index in [1.807, 2.05) is 25.1 Å². The molecule has 0 aliphatic heterocycles. The molecule has 0 bridgehead atoms. The molecule has 5 nitrogen and oxygen atoms in total. The zero-order chi connectivity index (χ0) is 15.9. The lowest BCUT2D eigenvalue weighted by Crippen LogP contribution is -2.41. The summed E-state index contributed by atoms with van der Waals surface area (Å²) in [5.74, 6) is -0.723. The summed E-state index contributed by atoms with van der Waals surface area (Å²) in [5.41, 5.74) is 7.55. The first kappa shape index (κ1) is 15.7. The average Bonchev–Trinajstić information content (AvgIpc) is 2.53. The molecular formula is C17H18N2O3. The number of ether oxygens (including phenoxy) is 1. The third-order valence-electron chi connectivity index (χ3n) is 3.18. The Balaban J connectivity index is 1.99. The van der Waals surface area contributed by atoms with Gasteiger partial charge in [-0.15, -0.1) is 0 Å². The average molecular weight is 298 g/mol. The predicted octanol–water partition coefficient (Wildman–Crippen LogP) is 2.22. The van der Waals surface area contributed by atoms with E-state index in [0.29, 0.717) is 17.7 Å². The Bertz CT molecular complexity index is 683. The number of nitrogens with one attached hydrogen (secondary N) is 2. The monoisotopic (exact) mass is 298 g/mol. The van der Waals surface area contributed by atoms with Crippen LogP contribution in [0.25, 0.3) is 0 Å². The van der Waals surface area contributed by atoms with Crippen molar-refractivity contribution in [3.63, 3.8) is 0 Å². The standard InChI is InChI=1S/C17H18N2O3/c1-12-6-3-4-9-15(12)17(21)19-18-16(20)14-8-5-7-13(10-14)11-22-2/h3-10H,11H2,1-2H3,(H,18,20)(H,19,21). The lowest BCUT2D eigenvalue weighted by molar-refractivity contribution is 0.0846. The highest BCUT2D eigenvalue weighted by molar-refractivity contribution is 5.99. The summed E-state index contributed by atoms with van der Waals surface area (Å²) >= 11 is 0. The van der Waals surface area contributed by atoms with Gasteiger partial charge in [0.05, 0.1) is 6.61 Å². The Morgan fingerprint density at radius 2 is 1.73 bits per heavy atom. The number of amides is 2. The molecular weight excluding hydrogens is 280 g/mol. The predicted molar refractivity (Wildman–Crippen MR) is 83.3 cm³/mol. The van der Waals surface area contributed by atoms with Crippen LogP contribution >= 0.6 is 0 Å². The van der Waals surface area contributed by atoms with Crippen molar-refractivity contribution >= 4 is 11.8 Å². The smallest absolute Gasteiger partial charge is 0.269 e. The number of aryl methyl sites for hydroxylation is 1. The van der Waals surface area contributed by atoms with Crippen LogP contribution in [0.2, 0.25) is 0 Å². The first-order valence-electron chi connectivity index (χ1n) is 6.86. The highest BCUT2D eigenvalue weighted by Gasteiger charge is 2.11. The minimum absolute atomic E-state index is 0.348. The zero-order valence-electron chi connectivity index (χ0n) is 12.6. The fourth-order valence-corrected chi connectivity index (χ4v) is 2.05. The van der Waals surface area contributed by atoms with Gasteiger partial charge < -0.3 is 4.74 Å². The van der Waals surface area contributed by atoms with Gasteiger partial charge in [0.2, 0.25) is 0 Å². The van der Waals surface area contributed by atoms with E-state index in [1.165, 1.54) is 0 Å². The Morgan fingerprint density at radius 1 is 1.00 bits per heavy atom. The van der Waals surface area contributed by atoms with Gasteiger partial charge in [-0.2, -0.15) is 0 Å². The molecule has 0 unspecified atom stereocenters. The van der Waals surface area contributed by atoms with Crippen LogP contribution in [0.3, 0.4) is 0 Å². The van der Waals surface area contributed by atoms with Crippen molar-refractivity contribution in [2.24, 2.45) is 0 Å². The van der Waals surface area contributed by atoms with E-state index in [9.17, 15) is 9.59 Å². The Labute approximate surface area is 129 Å². The van der Waals surface area contributed by atoms with Crippen molar-refractivity contribution in [3.8, 4) is 0 Å². The lowest BCUT2D eigenvalue weighted by atomic mass is 10.1. The maximum absolute atomic E-state index is 12.1. The molecule has 2 rings (SSSR count). The summed E-state index contributed by atoms with van der Waals surface area (Å²) in [6, 6.07) is 14.2. The second kappa shape index (κ2) is 7.38. The molecule has 0 aliphatic carbocycles. The Kier molecular flexibility index (Phi) is 5.27. The maximum atomic E-state index is 12.1. The molecule has 0 atom stereocenters. The Hall–Kier alpha value is -2.66. The van der Waals surface area contributed by atoms with Crippen molar-refractivity contribution < 1.29 is 14.3 Å². The SMILES string of the molecule is COCc1cccc(C(=O)NNC(=O)c2ccccc2C)c1. The molecule has 0 radical (unpaired) electrons. The van der Waals surface area contributed by atoms with Gasteiger partial charge in [0.15, 0.2) is 0 Å². The third-order valence-corrected chi connectivity index (χ3v) is 3.18. The van der Waals surface area contributed by atoms with Gasteiger partial charge in [-0.1, -0.05) is 30.3 Å². The van der Waals surface area contributed by atoms with Crippen molar-refractivity contribution in [2.45, 2.75) is 13.5 Å². The van der Waals surface area contributed by atoms with Crippen LogP contribution < -0.4 is 10.9 Å². The first-order chi connectivity index (χ1) is 10.6. The number of hydrogen-bond donors (Lipinski definition) is 2. The summed E-state index contributed by atoms with van der Waals surface area (Å²) in [6.45, 7) is 2.27. The molecule has 2 aromatic carbocycles. The summed E-state index contributed by atoms with van der Waals surface area (Å²) < 4.78 is 5.03. The fourth-order valence-electron chi connectivity index (χ4n) is 2.05. The molecule has 22 heavy (non-hydrogen) atoms. The molecule has 0 spiro atoms. The van der Waals surface area contributed by atoms with Crippen LogP contribution in [0.1, 0.15) is 31.8 Å². The molecule has 114 valence electrons. The Morgan fingerprint density at radius 3 is 2.45 bits per heavy atom. The topological polar surface area (TPSA) is 67.4 Å². The van der Waals surface area contributed by atoms with Gasteiger partial charge in [0, 0.05) is 18.2 Å². The van der Waals surface area contributed by atoms with E-state index in [4.69, 9.17) is 4.74 Å². The van der Waals surface area contributed by atoms with Crippen LogP contribution in [0.15, 0.2) is 48.5 Å². The van der Waals surface area contributed by atoms with Gasteiger partial charge in [-0.3, -0.25) is 20.4 Å². The van der Waals surface area contributed by atoms with E-state index in [1.54, 1.807) is 37.4 Å². The summed E-state index contributed by atoms with van der Waals surface area (Å²) in [7, 11) is 1.59. The normalized spacial score (nSPS) is 10.1. The molecule has 5 heteroatoms. The molecule has 2 aromatic rings. The van der Waals surface area contributed by atoms with Crippen molar-refractivity contribution in [1.82, 2.24) is 10.9 Å². The number of rotatable bonds is 4. The minimum Gasteiger partial charge on any atom is -0.380 e. The summed E-state index contributed by atoms with van der Waals surface area (Å²) in [5, 5.41) is 0. The molecule has 0 saturated heterocycles. The van der Waals surface area contributed by atoms with E-state index in [0.717, 1.165) is 11.1 Å². The van der Waals surface area contributed by atoms with Crippen molar-refractivity contribution in [3.05, 3.63) is 70.8 Å². The number of carbonyl (C=O) groups excluding carboxylic acids is 2. The molecule has 2 amide bonds.